The highest BCUT2D eigenvalue weighted by Crippen LogP contribution is 2.27. The number of rotatable bonds is 7. The Bertz CT molecular complexity index is 1180. The summed E-state index contributed by atoms with van der Waals surface area (Å²) in [4.78, 5) is 17.4. The van der Waals surface area contributed by atoms with E-state index >= 15 is 0 Å². The Balaban J connectivity index is 0.000000968. The van der Waals surface area contributed by atoms with E-state index in [0.29, 0.717) is 5.52 Å². The van der Waals surface area contributed by atoms with Gasteiger partial charge in [-0.3, -0.25) is 9.78 Å². The molecular weight excluding hydrogens is 444 g/mol. The maximum atomic E-state index is 13.4. The van der Waals surface area contributed by atoms with Crippen LogP contribution in [0.5, 0.6) is 0 Å². The summed E-state index contributed by atoms with van der Waals surface area (Å²) in [6, 6.07) is 10.7. The SMILES string of the molecule is COC1CCN(c2ccc(S(=O)(=O)n3cc(CCN(C)C)c4ncccc43)cc2)C1.O=CO. The Kier molecular flexibility index (Phi) is 8.06. The molecule has 33 heavy (non-hydrogen) atoms. The van der Waals surface area contributed by atoms with Gasteiger partial charge in [-0.1, -0.05) is 0 Å². The van der Waals surface area contributed by atoms with Gasteiger partial charge in [0.1, 0.15) is 0 Å². The number of methoxy groups -OCH3 is 1. The van der Waals surface area contributed by atoms with Crippen molar-refractivity contribution in [3.8, 4) is 0 Å². The Morgan fingerprint density at radius 2 is 1.94 bits per heavy atom. The summed E-state index contributed by atoms with van der Waals surface area (Å²) in [6.07, 6.45) is 5.37. The second-order valence-electron chi connectivity index (χ2n) is 8.07. The van der Waals surface area contributed by atoms with Crippen molar-refractivity contribution >= 4 is 33.2 Å². The first-order valence-corrected chi connectivity index (χ1v) is 12.1. The monoisotopic (exact) mass is 474 g/mol. The second-order valence-corrected chi connectivity index (χ2v) is 9.89. The van der Waals surface area contributed by atoms with E-state index in [1.54, 1.807) is 37.7 Å². The second kappa shape index (κ2) is 10.8. The Morgan fingerprint density at radius 3 is 2.55 bits per heavy atom. The van der Waals surface area contributed by atoms with Crippen molar-refractivity contribution in [1.82, 2.24) is 13.9 Å². The molecule has 1 unspecified atom stereocenters. The molecule has 4 rings (SSSR count). The van der Waals surface area contributed by atoms with Gasteiger partial charge in [-0.25, -0.2) is 12.4 Å². The number of carboxylic acid groups (broad SMARTS) is 1. The number of hydrogen-bond donors (Lipinski definition) is 1. The zero-order valence-electron chi connectivity index (χ0n) is 19.1. The van der Waals surface area contributed by atoms with E-state index in [1.807, 2.05) is 32.3 Å². The van der Waals surface area contributed by atoms with Crippen molar-refractivity contribution < 1.29 is 23.1 Å². The van der Waals surface area contributed by atoms with E-state index in [1.165, 1.54) is 3.97 Å². The fraction of sp³-hybridized carbons (Fsp3) is 0.391. The summed E-state index contributed by atoms with van der Waals surface area (Å²) in [5.41, 5.74) is 3.29. The summed E-state index contributed by atoms with van der Waals surface area (Å²) in [5, 5.41) is 6.89. The number of fused-ring (bicyclic) bond motifs is 1. The van der Waals surface area contributed by atoms with Crippen LogP contribution in [0.3, 0.4) is 0 Å². The summed E-state index contributed by atoms with van der Waals surface area (Å²) in [6.45, 7) is 2.31. The van der Waals surface area contributed by atoms with Gasteiger partial charge in [-0.05, 0) is 68.9 Å². The van der Waals surface area contributed by atoms with Crippen LogP contribution in [0.2, 0.25) is 0 Å². The van der Waals surface area contributed by atoms with Gasteiger partial charge in [0.25, 0.3) is 16.5 Å². The lowest BCUT2D eigenvalue weighted by molar-refractivity contribution is -0.122. The van der Waals surface area contributed by atoms with Crippen molar-refractivity contribution in [2.24, 2.45) is 0 Å². The van der Waals surface area contributed by atoms with Gasteiger partial charge in [0.15, 0.2) is 0 Å². The predicted molar refractivity (Wildman–Crippen MR) is 127 cm³/mol. The van der Waals surface area contributed by atoms with Crippen LogP contribution in [0, 0.1) is 0 Å². The molecule has 0 amide bonds. The van der Waals surface area contributed by atoms with Gasteiger partial charge in [-0.15, -0.1) is 0 Å². The first-order chi connectivity index (χ1) is 15.8. The van der Waals surface area contributed by atoms with Crippen molar-refractivity contribution in [3.63, 3.8) is 0 Å². The number of carbonyl (C=O) groups is 1. The largest absolute Gasteiger partial charge is 0.483 e. The summed E-state index contributed by atoms with van der Waals surface area (Å²) in [7, 11) is 2.01. The van der Waals surface area contributed by atoms with Crippen molar-refractivity contribution in [2.75, 3.05) is 45.7 Å². The van der Waals surface area contributed by atoms with Crippen LogP contribution in [0.1, 0.15) is 12.0 Å². The van der Waals surface area contributed by atoms with Crippen molar-refractivity contribution in [2.45, 2.75) is 23.8 Å². The molecule has 1 aliphatic rings. The molecule has 1 atom stereocenters. The fourth-order valence-corrected chi connectivity index (χ4v) is 5.30. The zero-order valence-corrected chi connectivity index (χ0v) is 19.9. The normalized spacial score (nSPS) is 16.1. The zero-order chi connectivity index (χ0) is 24.0. The van der Waals surface area contributed by atoms with E-state index < -0.39 is 10.0 Å². The van der Waals surface area contributed by atoms with E-state index in [9.17, 15) is 8.42 Å². The third-order valence-corrected chi connectivity index (χ3v) is 7.35. The average molecular weight is 475 g/mol. The molecule has 3 aromatic rings. The molecule has 178 valence electrons. The fourth-order valence-electron chi connectivity index (χ4n) is 3.92. The number of likely N-dealkylation sites (N-methyl/N-ethyl adjacent to an activating group) is 1. The van der Waals surface area contributed by atoms with Gasteiger partial charge >= 0.3 is 0 Å². The van der Waals surface area contributed by atoms with Crippen molar-refractivity contribution in [1.29, 1.82) is 0 Å². The van der Waals surface area contributed by atoms with Crippen LogP contribution < -0.4 is 4.90 Å². The minimum atomic E-state index is -3.72. The number of anilines is 1. The lowest BCUT2D eigenvalue weighted by atomic mass is 10.2. The van der Waals surface area contributed by atoms with Crippen LogP contribution >= 0.6 is 0 Å². The highest BCUT2D eigenvalue weighted by atomic mass is 32.2. The molecular formula is C23H30N4O5S. The average Bonchev–Trinajstić information content (AvgIpc) is 3.44. The number of benzene rings is 1. The van der Waals surface area contributed by atoms with Crippen LogP contribution in [-0.4, -0.2) is 80.8 Å². The molecule has 9 nitrogen and oxygen atoms in total. The number of ether oxygens (including phenoxy) is 1. The Hall–Kier alpha value is -2.95. The minimum Gasteiger partial charge on any atom is -0.483 e. The molecule has 0 spiro atoms. The molecule has 0 radical (unpaired) electrons. The molecule has 1 aliphatic heterocycles. The van der Waals surface area contributed by atoms with E-state index in [2.05, 4.69) is 14.8 Å². The highest BCUT2D eigenvalue weighted by Gasteiger charge is 2.24. The summed E-state index contributed by atoms with van der Waals surface area (Å²) >= 11 is 0. The standard InChI is InChI=1S/C22H28N4O3S.CH2O2/c1-24(2)13-10-17-15-26(21-5-4-12-23-22(17)21)30(27,28)20-8-6-18(7-9-20)25-14-11-19(16-25)29-3;2-1-3/h4-9,12,15,19H,10-11,13-14,16H2,1-3H3;1H,(H,2,3). The van der Waals surface area contributed by atoms with E-state index in [4.69, 9.17) is 14.6 Å². The van der Waals surface area contributed by atoms with Gasteiger partial charge in [-0.2, -0.15) is 0 Å². The Labute approximate surface area is 194 Å². The number of pyridine rings is 1. The van der Waals surface area contributed by atoms with E-state index in [0.717, 1.165) is 49.2 Å². The topological polar surface area (TPSA) is 105 Å². The quantitative estimate of drug-likeness (QED) is 0.520. The predicted octanol–water partition coefficient (Wildman–Crippen LogP) is 2.30. The third-order valence-electron chi connectivity index (χ3n) is 5.67. The van der Waals surface area contributed by atoms with E-state index in [-0.39, 0.29) is 17.5 Å². The number of aromatic nitrogens is 2. The molecule has 1 aromatic carbocycles. The molecule has 2 aromatic heterocycles. The molecule has 0 aliphatic carbocycles. The van der Waals surface area contributed by atoms with Gasteiger partial charge in [0, 0.05) is 44.8 Å². The van der Waals surface area contributed by atoms with Gasteiger partial charge in [0.2, 0.25) is 0 Å². The first kappa shape index (κ1) is 24.7. The molecule has 0 saturated carbocycles. The number of hydrogen-bond acceptors (Lipinski definition) is 7. The van der Waals surface area contributed by atoms with Gasteiger partial charge < -0.3 is 19.6 Å². The molecule has 3 heterocycles. The first-order valence-electron chi connectivity index (χ1n) is 10.6. The molecule has 1 N–H and O–H groups in total. The van der Waals surface area contributed by atoms with Crippen LogP contribution in [0.25, 0.3) is 11.0 Å². The molecule has 1 fully saturated rings. The van der Waals surface area contributed by atoms with Crippen LogP contribution in [0.4, 0.5) is 5.69 Å². The minimum absolute atomic E-state index is 0.229. The molecule has 1 saturated heterocycles. The molecule has 10 heteroatoms. The van der Waals surface area contributed by atoms with Crippen LogP contribution in [-0.2, 0) is 26.0 Å². The lowest BCUT2D eigenvalue weighted by Gasteiger charge is -2.18. The third kappa shape index (κ3) is 5.52. The lowest BCUT2D eigenvalue weighted by Crippen LogP contribution is -2.22. The van der Waals surface area contributed by atoms with Gasteiger partial charge in [0.05, 0.1) is 22.0 Å². The Morgan fingerprint density at radius 1 is 1.24 bits per heavy atom. The maximum Gasteiger partial charge on any atom is 0.290 e. The van der Waals surface area contributed by atoms with Crippen LogP contribution in [0.15, 0.2) is 53.7 Å². The highest BCUT2D eigenvalue weighted by molar-refractivity contribution is 7.90. The molecule has 0 bridgehead atoms. The maximum absolute atomic E-state index is 13.4. The summed E-state index contributed by atoms with van der Waals surface area (Å²) < 4.78 is 33.6. The smallest absolute Gasteiger partial charge is 0.290 e. The number of nitrogens with zero attached hydrogens (tertiary/aromatic N) is 4. The summed E-state index contributed by atoms with van der Waals surface area (Å²) in [5.74, 6) is 0. The van der Waals surface area contributed by atoms with Crippen molar-refractivity contribution in [3.05, 3.63) is 54.4 Å².